The third kappa shape index (κ3) is 3.25. The molecule has 4 aromatic rings. The third-order valence-corrected chi connectivity index (χ3v) is 4.58. The summed E-state index contributed by atoms with van der Waals surface area (Å²) in [5.74, 6) is -0.957. The standard InChI is InChI=1S/C23H17N3O2/c1-14(24)17-4-2-5-18(12-17)22-21-19(6-3-11-25-21)13-20(26-22)15-7-9-16(10-8-15)23(27)28/h2-13,24H,1H3,(H,27,28). The maximum Gasteiger partial charge on any atom is 0.335 e. The van der Waals surface area contributed by atoms with Gasteiger partial charge in [0.05, 0.1) is 22.5 Å². The van der Waals surface area contributed by atoms with Crippen molar-refractivity contribution >= 4 is 22.6 Å². The summed E-state index contributed by atoms with van der Waals surface area (Å²) in [6, 6.07) is 20.2. The average Bonchev–Trinajstić information content (AvgIpc) is 2.73. The van der Waals surface area contributed by atoms with Crippen LogP contribution in [0.1, 0.15) is 22.8 Å². The first kappa shape index (κ1) is 17.5. The number of carbonyl (C=O) groups is 1. The lowest BCUT2D eigenvalue weighted by Gasteiger charge is -2.10. The topological polar surface area (TPSA) is 86.9 Å². The average molecular weight is 367 g/mol. The molecule has 4 rings (SSSR count). The number of carboxylic acid groups (broad SMARTS) is 1. The molecule has 136 valence electrons. The first-order chi connectivity index (χ1) is 13.5. The van der Waals surface area contributed by atoms with Crippen molar-refractivity contribution in [3.8, 4) is 22.5 Å². The predicted molar refractivity (Wildman–Crippen MR) is 110 cm³/mol. The van der Waals surface area contributed by atoms with E-state index in [0.29, 0.717) is 5.71 Å². The van der Waals surface area contributed by atoms with E-state index in [-0.39, 0.29) is 5.56 Å². The van der Waals surface area contributed by atoms with Crippen molar-refractivity contribution in [2.24, 2.45) is 0 Å². The van der Waals surface area contributed by atoms with E-state index >= 15 is 0 Å². The number of nitrogens with zero attached hydrogens (tertiary/aromatic N) is 2. The van der Waals surface area contributed by atoms with Crippen molar-refractivity contribution in [1.29, 1.82) is 5.41 Å². The first-order valence-corrected chi connectivity index (χ1v) is 8.78. The Morgan fingerprint density at radius 1 is 0.929 bits per heavy atom. The highest BCUT2D eigenvalue weighted by Crippen LogP contribution is 2.30. The fraction of sp³-hybridized carbons (Fsp3) is 0.0435. The Morgan fingerprint density at radius 2 is 1.71 bits per heavy atom. The summed E-state index contributed by atoms with van der Waals surface area (Å²) in [6.07, 6.45) is 1.74. The number of hydrogen-bond donors (Lipinski definition) is 2. The number of carboxylic acids is 1. The van der Waals surface area contributed by atoms with Gasteiger partial charge in [0.25, 0.3) is 0 Å². The van der Waals surface area contributed by atoms with E-state index in [1.807, 2.05) is 42.5 Å². The van der Waals surface area contributed by atoms with Crippen LogP contribution in [0.2, 0.25) is 0 Å². The summed E-state index contributed by atoms with van der Waals surface area (Å²) < 4.78 is 0. The Hall–Kier alpha value is -3.86. The number of pyridine rings is 2. The minimum absolute atomic E-state index is 0.237. The van der Waals surface area contributed by atoms with Crippen LogP contribution in [0.5, 0.6) is 0 Å². The third-order valence-electron chi connectivity index (χ3n) is 4.58. The number of rotatable bonds is 4. The van der Waals surface area contributed by atoms with Gasteiger partial charge < -0.3 is 10.5 Å². The van der Waals surface area contributed by atoms with E-state index in [0.717, 1.165) is 39.0 Å². The molecule has 0 aliphatic heterocycles. The van der Waals surface area contributed by atoms with Crippen LogP contribution in [-0.4, -0.2) is 26.8 Å². The van der Waals surface area contributed by atoms with Crippen LogP contribution in [-0.2, 0) is 0 Å². The second kappa shape index (κ2) is 7.04. The van der Waals surface area contributed by atoms with Crippen molar-refractivity contribution in [1.82, 2.24) is 9.97 Å². The molecular formula is C23H17N3O2. The number of aromatic carboxylic acids is 1. The van der Waals surface area contributed by atoms with Crippen LogP contribution in [0, 0.1) is 5.41 Å². The molecule has 2 aromatic heterocycles. The van der Waals surface area contributed by atoms with Gasteiger partial charge in [-0.2, -0.15) is 0 Å². The Balaban J connectivity index is 1.92. The van der Waals surface area contributed by atoms with E-state index in [1.54, 1.807) is 37.4 Å². The molecule has 0 spiro atoms. The zero-order chi connectivity index (χ0) is 19.7. The normalized spacial score (nSPS) is 10.8. The fourth-order valence-electron chi connectivity index (χ4n) is 3.12. The zero-order valence-corrected chi connectivity index (χ0v) is 15.2. The number of benzene rings is 2. The smallest absolute Gasteiger partial charge is 0.335 e. The van der Waals surface area contributed by atoms with Crippen LogP contribution >= 0.6 is 0 Å². The summed E-state index contributed by atoms with van der Waals surface area (Å²) in [7, 11) is 0. The molecule has 28 heavy (non-hydrogen) atoms. The first-order valence-electron chi connectivity index (χ1n) is 8.78. The van der Waals surface area contributed by atoms with Crippen molar-refractivity contribution < 1.29 is 9.90 Å². The largest absolute Gasteiger partial charge is 0.478 e. The van der Waals surface area contributed by atoms with E-state index in [9.17, 15) is 4.79 Å². The van der Waals surface area contributed by atoms with Crippen molar-refractivity contribution in [2.45, 2.75) is 6.92 Å². The molecule has 2 N–H and O–H groups in total. The molecule has 0 unspecified atom stereocenters. The molecule has 2 heterocycles. The molecule has 5 nitrogen and oxygen atoms in total. The van der Waals surface area contributed by atoms with Crippen LogP contribution in [0.3, 0.4) is 0 Å². The Bertz CT molecular complexity index is 1210. The van der Waals surface area contributed by atoms with Gasteiger partial charge in [-0.15, -0.1) is 0 Å². The highest BCUT2D eigenvalue weighted by molar-refractivity contribution is 5.99. The molecule has 0 saturated carbocycles. The second-order valence-corrected chi connectivity index (χ2v) is 6.52. The molecule has 2 aromatic carbocycles. The van der Waals surface area contributed by atoms with E-state index in [1.165, 1.54) is 0 Å². The molecule has 0 radical (unpaired) electrons. The number of fused-ring (bicyclic) bond motifs is 1. The fourth-order valence-corrected chi connectivity index (χ4v) is 3.12. The number of hydrogen-bond acceptors (Lipinski definition) is 4. The van der Waals surface area contributed by atoms with Gasteiger partial charge in [-0.05, 0) is 42.8 Å². The summed E-state index contributed by atoms with van der Waals surface area (Å²) >= 11 is 0. The molecule has 0 fully saturated rings. The van der Waals surface area contributed by atoms with Crippen molar-refractivity contribution in [2.75, 3.05) is 0 Å². The van der Waals surface area contributed by atoms with Crippen LogP contribution in [0.25, 0.3) is 33.4 Å². The minimum atomic E-state index is -0.957. The van der Waals surface area contributed by atoms with Gasteiger partial charge in [0.2, 0.25) is 0 Å². The maximum atomic E-state index is 11.1. The van der Waals surface area contributed by atoms with Crippen LogP contribution in [0.15, 0.2) is 72.9 Å². The summed E-state index contributed by atoms with van der Waals surface area (Å²) in [5, 5.41) is 18.0. The zero-order valence-electron chi connectivity index (χ0n) is 15.2. The van der Waals surface area contributed by atoms with Crippen molar-refractivity contribution in [3.63, 3.8) is 0 Å². The van der Waals surface area contributed by atoms with Crippen LogP contribution < -0.4 is 0 Å². The highest BCUT2D eigenvalue weighted by atomic mass is 16.4. The molecule has 0 atom stereocenters. The molecule has 0 aliphatic rings. The van der Waals surface area contributed by atoms with Gasteiger partial charge in [-0.3, -0.25) is 4.98 Å². The molecule has 0 bridgehead atoms. The van der Waals surface area contributed by atoms with E-state index < -0.39 is 5.97 Å². The van der Waals surface area contributed by atoms with Crippen molar-refractivity contribution in [3.05, 3.63) is 84.1 Å². The van der Waals surface area contributed by atoms with Gasteiger partial charge in [-0.1, -0.05) is 36.4 Å². The highest BCUT2D eigenvalue weighted by Gasteiger charge is 2.12. The molecular weight excluding hydrogens is 350 g/mol. The number of aromatic nitrogens is 2. The Morgan fingerprint density at radius 3 is 2.43 bits per heavy atom. The lowest BCUT2D eigenvalue weighted by atomic mass is 10.0. The lowest BCUT2D eigenvalue weighted by Crippen LogP contribution is -1.97. The monoisotopic (exact) mass is 367 g/mol. The van der Waals surface area contributed by atoms with E-state index in [2.05, 4.69) is 4.98 Å². The van der Waals surface area contributed by atoms with Gasteiger partial charge in [0, 0.05) is 28.4 Å². The Kier molecular flexibility index (Phi) is 4.41. The summed E-state index contributed by atoms with van der Waals surface area (Å²) in [5.41, 5.74) is 5.53. The quantitative estimate of drug-likeness (QED) is 0.494. The minimum Gasteiger partial charge on any atom is -0.478 e. The SMILES string of the molecule is CC(=N)c1cccc(-c2nc(-c3ccc(C(=O)O)cc3)cc3cccnc23)c1. The van der Waals surface area contributed by atoms with Gasteiger partial charge in [0.15, 0.2) is 0 Å². The molecule has 0 saturated heterocycles. The van der Waals surface area contributed by atoms with E-state index in [4.69, 9.17) is 15.5 Å². The molecule has 5 heteroatoms. The van der Waals surface area contributed by atoms with Gasteiger partial charge in [0.1, 0.15) is 0 Å². The maximum absolute atomic E-state index is 11.1. The van der Waals surface area contributed by atoms with Crippen LogP contribution in [0.4, 0.5) is 0 Å². The second-order valence-electron chi connectivity index (χ2n) is 6.52. The summed E-state index contributed by atoms with van der Waals surface area (Å²) in [4.78, 5) is 20.5. The molecule has 0 amide bonds. The lowest BCUT2D eigenvalue weighted by molar-refractivity contribution is 0.0697. The molecule has 0 aliphatic carbocycles. The Labute approximate surface area is 161 Å². The number of nitrogens with one attached hydrogen (secondary N) is 1. The predicted octanol–water partition coefficient (Wildman–Crippen LogP) is 5.05. The summed E-state index contributed by atoms with van der Waals surface area (Å²) in [6.45, 7) is 1.75. The van der Waals surface area contributed by atoms with Gasteiger partial charge >= 0.3 is 5.97 Å². The van der Waals surface area contributed by atoms with Gasteiger partial charge in [-0.25, -0.2) is 9.78 Å².